The lowest BCUT2D eigenvalue weighted by atomic mass is 9.88. The number of carbonyl (C=O) groups is 1. The molecule has 0 spiro atoms. The Morgan fingerprint density at radius 3 is 2.51 bits per heavy atom. The van der Waals surface area contributed by atoms with Gasteiger partial charge in [-0.05, 0) is 61.1 Å². The van der Waals surface area contributed by atoms with Crippen LogP contribution in [0.3, 0.4) is 0 Å². The van der Waals surface area contributed by atoms with Gasteiger partial charge in [0.2, 0.25) is 0 Å². The summed E-state index contributed by atoms with van der Waals surface area (Å²) in [7, 11) is 0. The summed E-state index contributed by atoms with van der Waals surface area (Å²) in [5, 5.41) is 14.9. The number of amides is 1. The van der Waals surface area contributed by atoms with Gasteiger partial charge in [0.25, 0.3) is 5.91 Å². The Labute approximate surface area is 263 Å². The molecular formula is C32H41Cl2FN4O4. The van der Waals surface area contributed by atoms with Crippen LogP contribution in [0.25, 0.3) is 21.9 Å². The highest BCUT2D eigenvalue weighted by Gasteiger charge is 2.30. The Kier molecular flexibility index (Phi) is 11.0. The van der Waals surface area contributed by atoms with Crippen LogP contribution in [-0.4, -0.2) is 77.2 Å². The number of aromatic nitrogens is 1. The summed E-state index contributed by atoms with van der Waals surface area (Å²) < 4.78 is 25.4. The summed E-state index contributed by atoms with van der Waals surface area (Å²) in [4.78, 5) is 21.3. The lowest BCUT2D eigenvalue weighted by Gasteiger charge is -2.40. The molecule has 2 aromatic heterocycles. The van der Waals surface area contributed by atoms with Crippen LogP contribution in [0.5, 0.6) is 5.75 Å². The highest BCUT2D eigenvalue weighted by atomic mass is 35.5. The molecule has 0 unspecified atom stereocenters. The molecule has 0 radical (unpaired) electrons. The summed E-state index contributed by atoms with van der Waals surface area (Å²) in [6.07, 6.45) is 3.23. The third kappa shape index (κ3) is 7.46. The normalized spacial score (nSPS) is 21.8. The standard InChI is InChI=1S/C32H39FN4O4.2ClH/c1-20-16-37(17-21(2)31(20)38)13-12-36-10-8-24(9-11-36)34-32(39)28-15-26-27(35-28)4-3-5-29(26)40-18-22-19-41-30-7-6-23(33)14-25(22)30;;/h3-7,14-15,19-21,24,31,35,38H,8-13,16-18H2,1-2H3,(H,34,39);2*1H/t20-,21+,31+;;. The van der Waals surface area contributed by atoms with E-state index in [9.17, 15) is 14.3 Å². The van der Waals surface area contributed by atoms with E-state index in [-0.39, 0.29) is 55.3 Å². The molecule has 1 amide bonds. The maximum Gasteiger partial charge on any atom is 0.267 e. The van der Waals surface area contributed by atoms with E-state index in [2.05, 4.69) is 33.9 Å². The number of aliphatic hydroxyl groups excluding tert-OH is 1. The number of H-pyrrole nitrogens is 1. The number of nitrogens with zero attached hydrogens (tertiary/aromatic N) is 2. The fourth-order valence-corrected chi connectivity index (χ4v) is 6.39. The van der Waals surface area contributed by atoms with E-state index in [1.807, 2.05) is 24.3 Å². The fraction of sp³-hybridized carbons (Fsp3) is 0.469. The Morgan fingerprint density at radius 2 is 1.77 bits per heavy atom. The van der Waals surface area contributed by atoms with Crippen LogP contribution in [0.1, 0.15) is 42.7 Å². The number of nitrogens with one attached hydrogen (secondary N) is 2. The number of hydrogen-bond acceptors (Lipinski definition) is 6. The summed E-state index contributed by atoms with van der Waals surface area (Å²) in [5.41, 5.74) is 2.70. The van der Waals surface area contributed by atoms with Crippen molar-refractivity contribution in [2.45, 2.75) is 45.4 Å². The molecule has 4 aromatic rings. The van der Waals surface area contributed by atoms with Gasteiger partial charge in [-0.25, -0.2) is 4.39 Å². The lowest BCUT2D eigenvalue weighted by molar-refractivity contribution is -0.0109. The second-order valence-electron chi connectivity index (χ2n) is 11.9. The first-order valence-electron chi connectivity index (χ1n) is 14.7. The fourth-order valence-electron chi connectivity index (χ4n) is 6.39. The van der Waals surface area contributed by atoms with E-state index in [4.69, 9.17) is 9.15 Å². The van der Waals surface area contributed by atoms with Crippen molar-refractivity contribution in [1.29, 1.82) is 0 Å². The molecule has 8 nitrogen and oxygen atoms in total. The topological polar surface area (TPSA) is 94.0 Å². The number of benzene rings is 2. The van der Waals surface area contributed by atoms with E-state index < -0.39 is 0 Å². The van der Waals surface area contributed by atoms with Crippen molar-refractivity contribution in [3.05, 3.63) is 65.8 Å². The molecule has 3 N–H and O–H groups in total. The summed E-state index contributed by atoms with van der Waals surface area (Å²) in [6, 6.07) is 12.1. The molecule has 43 heavy (non-hydrogen) atoms. The molecule has 2 aromatic carbocycles. The Morgan fingerprint density at radius 1 is 1.05 bits per heavy atom. The Hall–Kier alpha value is -2.82. The van der Waals surface area contributed by atoms with Crippen molar-refractivity contribution < 1.29 is 23.4 Å². The summed E-state index contributed by atoms with van der Waals surface area (Å²) >= 11 is 0. The van der Waals surface area contributed by atoms with Crippen LogP contribution in [0.4, 0.5) is 4.39 Å². The Bertz CT molecular complexity index is 1510. The maximum atomic E-state index is 13.7. The molecule has 2 aliphatic rings. The van der Waals surface area contributed by atoms with Crippen molar-refractivity contribution in [2.75, 3.05) is 39.3 Å². The van der Waals surface area contributed by atoms with Gasteiger partial charge >= 0.3 is 0 Å². The first-order valence-corrected chi connectivity index (χ1v) is 14.7. The largest absolute Gasteiger partial charge is 0.488 e. The summed E-state index contributed by atoms with van der Waals surface area (Å²) in [5.74, 6) is 0.836. The molecule has 6 rings (SSSR count). The van der Waals surface area contributed by atoms with E-state index in [1.54, 1.807) is 12.3 Å². The van der Waals surface area contributed by atoms with Gasteiger partial charge in [0, 0.05) is 67.2 Å². The van der Waals surface area contributed by atoms with E-state index >= 15 is 0 Å². The molecule has 2 saturated heterocycles. The minimum Gasteiger partial charge on any atom is -0.488 e. The number of aromatic amines is 1. The highest BCUT2D eigenvalue weighted by Crippen LogP contribution is 2.29. The molecule has 234 valence electrons. The van der Waals surface area contributed by atoms with E-state index in [0.717, 1.165) is 68.6 Å². The predicted octanol–water partition coefficient (Wildman–Crippen LogP) is 5.62. The third-order valence-corrected chi connectivity index (χ3v) is 8.78. The highest BCUT2D eigenvalue weighted by molar-refractivity contribution is 5.99. The monoisotopic (exact) mass is 634 g/mol. The zero-order valence-corrected chi connectivity index (χ0v) is 26.2. The van der Waals surface area contributed by atoms with Gasteiger partial charge in [0.15, 0.2) is 0 Å². The van der Waals surface area contributed by atoms with Crippen LogP contribution in [-0.2, 0) is 6.61 Å². The van der Waals surface area contributed by atoms with Gasteiger partial charge in [-0.1, -0.05) is 19.9 Å². The van der Waals surface area contributed by atoms with Crippen LogP contribution < -0.4 is 10.1 Å². The lowest BCUT2D eigenvalue weighted by Crippen LogP contribution is -2.50. The summed E-state index contributed by atoms with van der Waals surface area (Å²) in [6.45, 7) is 10.4. The first-order chi connectivity index (χ1) is 19.8. The average molecular weight is 636 g/mol. The quantitative estimate of drug-likeness (QED) is 0.233. The van der Waals surface area contributed by atoms with E-state index in [0.29, 0.717) is 34.2 Å². The van der Waals surface area contributed by atoms with Crippen LogP contribution in [0, 0.1) is 17.7 Å². The molecule has 4 heterocycles. The number of ether oxygens (including phenoxy) is 1. The van der Waals surface area contributed by atoms with Gasteiger partial charge in [-0.15, -0.1) is 24.8 Å². The van der Waals surface area contributed by atoms with Gasteiger partial charge in [-0.2, -0.15) is 0 Å². The van der Waals surface area contributed by atoms with Crippen molar-refractivity contribution in [1.82, 2.24) is 20.1 Å². The molecule has 0 saturated carbocycles. The van der Waals surface area contributed by atoms with Gasteiger partial charge in [0.05, 0.1) is 12.4 Å². The van der Waals surface area contributed by atoms with Gasteiger partial charge < -0.3 is 34.4 Å². The number of furan rings is 1. The minimum absolute atomic E-state index is 0. The number of aliphatic hydroxyl groups is 1. The third-order valence-electron chi connectivity index (χ3n) is 8.78. The molecule has 11 heteroatoms. The zero-order valence-electron chi connectivity index (χ0n) is 24.6. The number of hydrogen-bond donors (Lipinski definition) is 3. The van der Waals surface area contributed by atoms with Crippen molar-refractivity contribution in [2.24, 2.45) is 11.8 Å². The van der Waals surface area contributed by atoms with Crippen molar-refractivity contribution in [3.63, 3.8) is 0 Å². The number of piperidine rings is 2. The minimum atomic E-state index is -0.322. The van der Waals surface area contributed by atoms with Gasteiger partial charge in [-0.3, -0.25) is 4.79 Å². The number of likely N-dealkylation sites (tertiary alicyclic amines) is 2. The number of carbonyl (C=O) groups excluding carboxylic acids is 1. The Balaban J connectivity index is 0.00000212. The van der Waals surface area contributed by atoms with Crippen LogP contribution in [0.2, 0.25) is 0 Å². The van der Waals surface area contributed by atoms with Crippen LogP contribution in [0.15, 0.2) is 53.1 Å². The molecule has 0 bridgehead atoms. The van der Waals surface area contributed by atoms with Gasteiger partial charge in [0.1, 0.15) is 29.5 Å². The zero-order chi connectivity index (χ0) is 28.5. The number of halogens is 3. The number of rotatable bonds is 8. The SMILES string of the molecule is C[C@@H]1CN(CCN2CCC(NC(=O)c3cc4c(OCc5coc6ccc(F)cc56)cccc4[nH]3)CC2)C[C@H](C)[C@H]1O.Cl.Cl. The predicted molar refractivity (Wildman–Crippen MR) is 171 cm³/mol. The number of fused-ring (bicyclic) bond motifs is 2. The molecule has 2 aliphatic heterocycles. The molecular weight excluding hydrogens is 594 g/mol. The smallest absolute Gasteiger partial charge is 0.267 e. The first kappa shape index (κ1) is 33.1. The average Bonchev–Trinajstić information content (AvgIpc) is 3.59. The van der Waals surface area contributed by atoms with E-state index in [1.165, 1.54) is 12.1 Å². The van der Waals surface area contributed by atoms with Crippen molar-refractivity contribution >= 4 is 52.6 Å². The van der Waals surface area contributed by atoms with Crippen LogP contribution >= 0.6 is 24.8 Å². The molecule has 0 aliphatic carbocycles. The molecule has 3 atom stereocenters. The van der Waals surface area contributed by atoms with Crippen molar-refractivity contribution in [3.8, 4) is 5.75 Å². The molecule has 2 fully saturated rings. The second kappa shape index (κ2) is 14.3. The second-order valence-corrected chi connectivity index (χ2v) is 11.9. The maximum absolute atomic E-state index is 13.7.